The van der Waals surface area contributed by atoms with Crippen LogP contribution in [0.2, 0.25) is 0 Å². The zero-order chi connectivity index (χ0) is 20.3. The van der Waals surface area contributed by atoms with Gasteiger partial charge in [-0.1, -0.05) is 37.5 Å². The Morgan fingerprint density at radius 3 is 2.39 bits per heavy atom. The summed E-state index contributed by atoms with van der Waals surface area (Å²) in [6.45, 7) is 1.68. The summed E-state index contributed by atoms with van der Waals surface area (Å²) in [4.78, 5) is 27.3. The first-order valence-electron chi connectivity index (χ1n) is 9.80. The van der Waals surface area contributed by atoms with Crippen LogP contribution >= 0.6 is 0 Å². The molecule has 1 fully saturated rings. The lowest BCUT2D eigenvalue weighted by molar-refractivity contribution is -0.133. The number of carbonyl (C=O) groups is 2. The van der Waals surface area contributed by atoms with Crippen LogP contribution in [-0.2, 0) is 27.1 Å². The fraction of sp³-hybridized carbons (Fsp3) is 0.524. The Balaban J connectivity index is 1.91. The van der Waals surface area contributed by atoms with Gasteiger partial charge < -0.3 is 4.57 Å². The van der Waals surface area contributed by atoms with Crippen molar-refractivity contribution in [1.82, 2.24) is 9.47 Å². The van der Waals surface area contributed by atoms with Crippen LogP contribution in [0.4, 0.5) is 0 Å². The Bertz CT molecular complexity index is 1080. The number of carbonyl (C=O) groups excluding carboxylic acids is 2. The molecule has 0 radical (unpaired) electrons. The predicted octanol–water partition coefficient (Wildman–Crippen LogP) is 2.80. The summed E-state index contributed by atoms with van der Waals surface area (Å²) in [6, 6.07) is 7.47. The van der Waals surface area contributed by atoms with Crippen molar-refractivity contribution in [3.63, 3.8) is 0 Å². The minimum Gasteiger partial charge on any atom is -0.346 e. The van der Waals surface area contributed by atoms with Crippen molar-refractivity contribution in [3.8, 4) is 0 Å². The van der Waals surface area contributed by atoms with Gasteiger partial charge in [0.15, 0.2) is 9.84 Å². The summed E-state index contributed by atoms with van der Waals surface area (Å²) in [6.07, 6.45) is 4.19. The zero-order valence-corrected chi connectivity index (χ0v) is 17.4. The van der Waals surface area contributed by atoms with Crippen LogP contribution in [0.25, 0.3) is 10.9 Å². The number of fused-ring (bicyclic) bond motifs is 3. The highest BCUT2D eigenvalue weighted by Crippen LogP contribution is 2.41. The van der Waals surface area contributed by atoms with Crippen LogP contribution in [0, 0.1) is 0 Å². The van der Waals surface area contributed by atoms with Gasteiger partial charge in [0.2, 0.25) is 5.91 Å². The Hall–Kier alpha value is -2.15. The normalized spacial score (nSPS) is 24.0. The van der Waals surface area contributed by atoms with Crippen molar-refractivity contribution in [2.75, 3.05) is 12.8 Å². The van der Waals surface area contributed by atoms with Crippen LogP contribution in [-0.4, -0.2) is 47.7 Å². The maximum absolute atomic E-state index is 13.3. The van der Waals surface area contributed by atoms with Crippen molar-refractivity contribution < 1.29 is 18.0 Å². The predicted molar refractivity (Wildman–Crippen MR) is 108 cm³/mol. The molecule has 6 nitrogen and oxygen atoms in total. The number of amides is 2. The minimum atomic E-state index is -3.48. The van der Waals surface area contributed by atoms with Gasteiger partial charge in [-0.3, -0.25) is 14.5 Å². The lowest BCUT2D eigenvalue weighted by Gasteiger charge is -2.38. The summed E-state index contributed by atoms with van der Waals surface area (Å²) in [5, 5.41) is 0.359. The Morgan fingerprint density at radius 1 is 1.07 bits per heavy atom. The van der Waals surface area contributed by atoms with Crippen molar-refractivity contribution >= 4 is 32.6 Å². The van der Waals surface area contributed by atoms with Crippen molar-refractivity contribution in [1.29, 1.82) is 0 Å². The Labute approximate surface area is 165 Å². The van der Waals surface area contributed by atoms with Crippen LogP contribution in [0.3, 0.4) is 0 Å². The average molecular weight is 403 g/mol. The third-order valence-electron chi connectivity index (χ3n) is 6.47. The largest absolute Gasteiger partial charge is 0.346 e. The smallest absolute Gasteiger partial charge is 0.262 e. The molecule has 0 spiro atoms. The maximum Gasteiger partial charge on any atom is 0.262 e. The molecule has 1 saturated carbocycles. The van der Waals surface area contributed by atoms with Gasteiger partial charge in [0.05, 0.1) is 16.6 Å². The molecule has 1 unspecified atom stereocenters. The number of para-hydroxylation sites is 1. The summed E-state index contributed by atoms with van der Waals surface area (Å²) in [5.74, 6) is -1.09. The van der Waals surface area contributed by atoms with Crippen LogP contribution < -0.4 is 0 Å². The monoisotopic (exact) mass is 402 g/mol. The first-order chi connectivity index (χ1) is 13.2. The van der Waals surface area contributed by atoms with E-state index >= 15 is 0 Å². The topological polar surface area (TPSA) is 76.5 Å². The first-order valence-corrected chi connectivity index (χ1v) is 11.5. The molecule has 0 saturated heterocycles. The van der Waals surface area contributed by atoms with E-state index in [1.54, 1.807) is 14.0 Å². The average Bonchev–Trinajstić information content (AvgIpc) is 2.99. The number of benzene rings is 1. The molecule has 1 atom stereocenters. The number of rotatable bonds is 3. The minimum absolute atomic E-state index is 0.266. The molecule has 150 valence electrons. The highest BCUT2D eigenvalue weighted by molar-refractivity contribution is 7.92. The molecule has 0 bridgehead atoms. The van der Waals surface area contributed by atoms with E-state index in [1.165, 1.54) is 7.05 Å². The molecule has 7 heteroatoms. The maximum atomic E-state index is 13.3. The quantitative estimate of drug-likeness (QED) is 0.740. The lowest BCUT2D eigenvalue weighted by Crippen LogP contribution is -2.55. The summed E-state index contributed by atoms with van der Waals surface area (Å²) < 4.78 is 28.4. The standard InChI is InChI=1S/C21H26N2O4S/c1-21(13-28(26,27)14-9-5-4-6-10-14)18-17(19(24)23(3)20(21)25)15-11-7-8-12-16(15)22(18)2/h7-8,11-12,14H,4-6,9-10,13H2,1-3H3. The van der Waals surface area contributed by atoms with Gasteiger partial charge in [0.1, 0.15) is 5.41 Å². The van der Waals surface area contributed by atoms with E-state index in [0.717, 1.165) is 35.1 Å². The Kier molecular flexibility index (Phi) is 4.41. The van der Waals surface area contributed by atoms with Gasteiger partial charge in [-0.25, -0.2) is 8.42 Å². The van der Waals surface area contributed by atoms with Crippen LogP contribution in [0.1, 0.15) is 55.1 Å². The van der Waals surface area contributed by atoms with Crippen molar-refractivity contribution in [2.45, 2.75) is 49.7 Å². The summed E-state index contributed by atoms with van der Waals surface area (Å²) in [7, 11) is -0.235. The lowest BCUT2D eigenvalue weighted by atomic mass is 9.81. The highest BCUT2D eigenvalue weighted by Gasteiger charge is 2.52. The van der Waals surface area contributed by atoms with E-state index in [9.17, 15) is 18.0 Å². The van der Waals surface area contributed by atoms with Crippen molar-refractivity contribution in [2.24, 2.45) is 7.05 Å². The van der Waals surface area contributed by atoms with E-state index in [-0.39, 0.29) is 11.7 Å². The SMILES string of the molecule is CN1C(=O)c2c(n(C)c3ccccc23)C(C)(CS(=O)(=O)C2CCCCC2)C1=O. The number of sulfone groups is 1. The molecule has 2 aromatic rings. The van der Waals surface area contributed by atoms with Crippen LogP contribution in [0.15, 0.2) is 24.3 Å². The number of aryl methyl sites for hydroxylation is 1. The second kappa shape index (κ2) is 6.44. The van der Waals surface area contributed by atoms with E-state index in [4.69, 9.17) is 0 Å². The summed E-state index contributed by atoms with van der Waals surface area (Å²) in [5.41, 5.74) is 0.496. The molecule has 4 rings (SSSR count). The molecule has 1 aliphatic carbocycles. The van der Waals surface area contributed by atoms with Gasteiger partial charge in [-0.05, 0) is 25.8 Å². The number of hydrogen-bond donors (Lipinski definition) is 0. The molecule has 0 N–H and O–H groups in total. The van der Waals surface area contributed by atoms with Crippen LogP contribution in [0.5, 0.6) is 0 Å². The fourth-order valence-corrected chi connectivity index (χ4v) is 7.41. The Morgan fingerprint density at radius 2 is 1.71 bits per heavy atom. The van der Waals surface area contributed by atoms with Gasteiger partial charge in [-0.2, -0.15) is 0 Å². The fourth-order valence-electron chi connectivity index (χ4n) is 5.06. The molecule has 2 amide bonds. The number of imide groups is 1. The van der Waals surface area contributed by atoms with Gasteiger partial charge in [-0.15, -0.1) is 0 Å². The van der Waals surface area contributed by atoms with E-state index in [1.807, 2.05) is 28.8 Å². The molecule has 1 aliphatic heterocycles. The van der Waals surface area contributed by atoms with E-state index in [0.29, 0.717) is 24.1 Å². The first kappa shape index (κ1) is 19.2. The molecular formula is C21H26N2O4S. The van der Waals surface area contributed by atoms with Gasteiger partial charge in [0.25, 0.3) is 5.91 Å². The molecular weight excluding hydrogens is 376 g/mol. The van der Waals surface area contributed by atoms with Gasteiger partial charge in [0, 0.05) is 30.7 Å². The zero-order valence-electron chi connectivity index (χ0n) is 16.6. The number of likely N-dealkylation sites (N-methyl/N-ethyl adjacent to an activating group) is 1. The molecule has 1 aromatic heterocycles. The van der Waals surface area contributed by atoms with E-state index < -0.39 is 26.4 Å². The molecule has 2 heterocycles. The highest BCUT2D eigenvalue weighted by atomic mass is 32.2. The third kappa shape index (κ3) is 2.63. The molecule has 28 heavy (non-hydrogen) atoms. The molecule has 1 aromatic carbocycles. The van der Waals surface area contributed by atoms with Crippen molar-refractivity contribution in [3.05, 3.63) is 35.5 Å². The van der Waals surface area contributed by atoms with E-state index in [2.05, 4.69) is 0 Å². The second-order valence-corrected chi connectivity index (χ2v) is 10.6. The number of aromatic nitrogens is 1. The third-order valence-corrected chi connectivity index (χ3v) is 8.94. The summed E-state index contributed by atoms with van der Waals surface area (Å²) >= 11 is 0. The second-order valence-electron chi connectivity index (χ2n) is 8.37. The number of hydrogen-bond acceptors (Lipinski definition) is 4. The van der Waals surface area contributed by atoms with Gasteiger partial charge >= 0.3 is 0 Å². The number of nitrogens with zero attached hydrogens (tertiary/aromatic N) is 2. The molecule has 2 aliphatic rings.